The van der Waals surface area contributed by atoms with E-state index >= 15 is 0 Å². The van der Waals surface area contributed by atoms with Gasteiger partial charge >= 0.3 is 4.12 Å². The molecule has 2 N–H and O–H groups in total. The molecule has 1 saturated carbocycles. The summed E-state index contributed by atoms with van der Waals surface area (Å²) < 4.78 is 40.3. The highest BCUT2D eigenvalue weighted by molar-refractivity contribution is 14.2. The molecule has 192 valence electrons. The van der Waals surface area contributed by atoms with Crippen molar-refractivity contribution in [1.29, 1.82) is 0 Å². The lowest BCUT2D eigenvalue weighted by molar-refractivity contribution is -0.0692. The van der Waals surface area contributed by atoms with E-state index in [9.17, 15) is 8.78 Å². The first-order valence-electron chi connectivity index (χ1n) is 12.0. The van der Waals surface area contributed by atoms with E-state index in [0.717, 1.165) is 44.0 Å². The van der Waals surface area contributed by atoms with Gasteiger partial charge in [-0.2, -0.15) is 13.3 Å². The SMILES string of the molecule is C=IC(F)(F)Oc1cccc(-c2nnc3c4c(c(NC5CC6(CCNCC6)C5)nn23)N(C)CCO4)c1. The molecule has 1 spiro atoms. The largest absolute Gasteiger partial charge is 0.486 e. The predicted molar refractivity (Wildman–Crippen MR) is 143 cm³/mol. The summed E-state index contributed by atoms with van der Waals surface area (Å²) in [6.45, 7) is 3.43. The average molecular weight is 611 g/mol. The number of rotatable bonds is 6. The zero-order valence-electron chi connectivity index (χ0n) is 19.9. The van der Waals surface area contributed by atoms with Crippen LogP contribution in [0.25, 0.3) is 17.0 Å². The maximum absolute atomic E-state index is 13.8. The van der Waals surface area contributed by atoms with Crippen molar-refractivity contribution in [2.75, 3.05) is 43.5 Å². The quantitative estimate of drug-likeness (QED) is 0.321. The fourth-order valence-corrected chi connectivity index (χ4v) is 5.95. The van der Waals surface area contributed by atoms with Crippen molar-refractivity contribution in [2.45, 2.75) is 35.8 Å². The standard InChI is InChI=1S/C24H28F2IN7O2/c1-27-24(25,26)36-17-5-3-4-15(12-17)21-30-31-22-19-18(33(2)10-11-35-19)20(32-34(21)22)29-16-13-23(14-16)6-8-28-9-7-23/h3-5,12,16,28H,1,6-11,13-14H2,2H3,(H,29,32). The third-order valence-electron chi connectivity index (χ3n) is 7.38. The van der Waals surface area contributed by atoms with Gasteiger partial charge in [0.15, 0.2) is 17.4 Å². The normalized spacial score (nSPS) is 19.6. The van der Waals surface area contributed by atoms with Crippen molar-refractivity contribution in [2.24, 2.45) is 5.41 Å². The molecule has 0 unspecified atom stereocenters. The van der Waals surface area contributed by atoms with E-state index in [1.54, 1.807) is 16.6 Å². The van der Waals surface area contributed by atoms with Crippen molar-refractivity contribution in [1.82, 2.24) is 25.1 Å². The van der Waals surface area contributed by atoms with E-state index in [1.807, 2.05) is 7.05 Å². The Hall–Kier alpha value is -2.61. The minimum Gasteiger partial charge on any atom is -0.486 e. The second-order valence-electron chi connectivity index (χ2n) is 9.76. The molecular formula is C24H28F2IN7O2. The highest BCUT2D eigenvalue weighted by atomic mass is 127. The second-order valence-corrected chi connectivity index (χ2v) is 11.8. The molecule has 1 aromatic carbocycles. The summed E-state index contributed by atoms with van der Waals surface area (Å²) in [5.41, 5.74) is 2.35. The van der Waals surface area contributed by atoms with Gasteiger partial charge < -0.3 is 25.0 Å². The molecule has 4 heterocycles. The number of anilines is 2. The molecule has 3 aromatic rings. The van der Waals surface area contributed by atoms with E-state index in [4.69, 9.17) is 14.6 Å². The van der Waals surface area contributed by atoms with Crippen LogP contribution >= 0.6 is 20.7 Å². The van der Waals surface area contributed by atoms with E-state index < -0.39 is 24.8 Å². The fourth-order valence-electron chi connectivity index (χ4n) is 5.54. The highest BCUT2D eigenvalue weighted by Crippen LogP contribution is 2.50. The van der Waals surface area contributed by atoms with Gasteiger partial charge in [0.1, 0.15) is 18.0 Å². The monoisotopic (exact) mass is 611 g/mol. The lowest BCUT2D eigenvalue weighted by Gasteiger charge is -2.50. The minimum atomic E-state index is -3.24. The Morgan fingerprint density at radius 2 is 2.08 bits per heavy atom. The number of likely N-dealkylation sites (N-methyl/N-ethyl adjacent to an activating group) is 1. The first kappa shape index (κ1) is 23.8. The molecule has 2 fully saturated rings. The zero-order valence-corrected chi connectivity index (χ0v) is 22.1. The molecular weight excluding hydrogens is 583 g/mol. The number of nitrogens with one attached hydrogen (secondary N) is 2. The lowest BCUT2D eigenvalue weighted by atomic mass is 9.60. The third kappa shape index (κ3) is 4.27. The van der Waals surface area contributed by atoms with Gasteiger partial charge in [-0.15, -0.1) is 15.3 Å². The van der Waals surface area contributed by atoms with Crippen LogP contribution in [0.1, 0.15) is 25.7 Å². The van der Waals surface area contributed by atoms with Crippen molar-refractivity contribution < 1.29 is 18.3 Å². The van der Waals surface area contributed by atoms with Gasteiger partial charge in [0, 0.05) is 39.4 Å². The predicted octanol–water partition coefficient (Wildman–Crippen LogP) is 3.90. The van der Waals surface area contributed by atoms with Crippen LogP contribution in [0.3, 0.4) is 0 Å². The minimum absolute atomic E-state index is 0.0478. The van der Waals surface area contributed by atoms with Crippen molar-refractivity contribution in [3.05, 3.63) is 24.3 Å². The van der Waals surface area contributed by atoms with Crippen LogP contribution in [0.2, 0.25) is 0 Å². The Labute approximate surface area is 217 Å². The topological polar surface area (TPSA) is 88.8 Å². The van der Waals surface area contributed by atoms with Gasteiger partial charge in [-0.25, -0.2) is 0 Å². The molecule has 1 aliphatic carbocycles. The maximum Gasteiger partial charge on any atom is 0.445 e. The number of hydrogen-bond donors (Lipinski definition) is 2. The molecule has 0 amide bonds. The van der Waals surface area contributed by atoms with Crippen molar-refractivity contribution in [3.8, 4) is 22.9 Å². The van der Waals surface area contributed by atoms with E-state index in [1.165, 1.54) is 25.0 Å². The lowest BCUT2D eigenvalue weighted by Crippen LogP contribution is -2.50. The average Bonchev–Trinajstić information content (AvgIpc) is 3.28. The maximum atomic E-state index is 13.8. The molecule has 1 saturated heterocycles. The summed E-state index contributed by atoms with van der Waals surface area (Å²) in [7, 11) is 2.02. The van der Waals surface area contributed by atoms with Crippen LogP contribution in [0, 0.1) is 5.41 Å². The van der Waals surface area contributed by atoms with Crippen LogP contribution in [-0.2, 0) is 0 Å². The molecule has 3 aliphatic rings. The van der Waals surface area contributed by atoms with Gasteiger partial charge in [-0.1, -0.05) is 16.6 Å². The third-order valence-corrected chi connectivity index (χ3v) is 8.49. The highest BCUT2D eigenvalue weighted by Gasteiger charge is 2.45. The molecule has 2 aromatic heterocycles. The smallest absolute Gasteiger partial charge is 0.445 e. The molecule has 6 rings (SSSR count). The Morgan fingerprint density at radius 1 is 1.28 bits per heavy atom. The zero-order chi connectivity index (χ0) is 24.9. The Morgan fingerprint density at radius 3 is 2.86 bits per heavy atom. The van der Waals surface area contributed by atoms with Crippen molar-refractivity contribution in [3.63, 3.8) is 0 Å². The number of benzene rings is 1. The fraction of sp³-hybridized carbons (Fsp3) is 0.500. The van der Waals surface area contributed by atoms with Crippen LogP contribution in [0.15, 0.2) is 24.3 Å². The molecule has 12 heteroatoms. The van der Waals surface area contributed by atoms with Crippen LogP contribution < -0.4 is 25.0 Å². The molecule has 0 radical (unpaired) electrons. The summed E-state index contributed by atoms with van der Waals surface area (Å²) in [4.78, 5) is 2.12. The number of piperidine rings is 1. The molecule has 2 aliphatic heterocycles. The van der Waals surface area contributed by atoms with Crippen LogP contribution in [0.4, 0.5) is 20.3 Å². The Balaban J connectivity index is 1.36. The number of halogens is 3. The molecule has 0 bridgehead atoms. The molecule has 0 atom stereocenters. The summed E-state index contributed by atoms with van der Waals surface area (Å²) in [5.74, 6) is 1.81. The van der Waals surface area contributed by atoms with Gasteiger partial charge in [-0.3, -0.25) is 0 Å². The molecule has 9 nitrogen and oxygen atoms in total. The summed E-state index contributed by atoms with van der Waals surface area (Å²) in [6, 6.07) is 6.77. The summed E-state index contributed by atoms with van der Waals surface area (Å²) in [6.07, 6.45) is 4.65. The number of hydrogen-bond acceptors (Lipinski definition) is 8. The number of fused-ring (bicyclic) bond motifs is 3. The Kier molecular flexibility index (Phi) is 5.97. The van der Waals surface area contributed by atoms with E-state index in [0.29, 0.717) is 40.8 Å². The van der Waals surface area contributed by atoms with Gasteiger partial charge in [0.05, 0.1) is 6.54 Å². The number of alkyl halides is 3. The molecule has 36 heavy (non-hydrogen) atoms. The van der Waals surface area contributed by atoms with E-state index in [2.05, 4.69) is 30.2 Å². The second kappa shape index (κ2) is 9.05. The van der Waals surface area contributed by atoms with Crippen molar-refractivity contribution >= 4 is 42.4 Å². The number of nitrogens with zero attached hydrogens (tertiary/aromatic N) is 5. The Bertz CT molecular complexity index is 1300. The summed E-state index contributed by atoms with van der Waals surface area (Å²) in [5, 5.41) is 20.7. The first-order valence-corrected chi connectivity index (χ1v) is 14.6. The summed E-state index contributed by atoms with van der Waals surface area (Å²) >= 11 is -1.66. The van der Waals surface area contributed by atoms with Crippen LogP contribution in [-0.4, -0.2) is 67.8 Å². The van der Waals surface area contributed by atoms with Gasteiger partial charge in [-0.05, 0) is 56.3 Å². The first-order chi connectivity index (χ1) is 17.4. The number of aromatic nitrogens is 4. The number of ether oxygens (including phenoxy) is 2. The van der Waals surface area contributed by atoms with Gasteiger partial charge in [0.25, 0.3) is 0 Å². The van der Waals surface area contributed by atoms with Crippen LogP contribution in [0.5, 0.6) is 11.5 Å². The van der Waals surface area contributed by atoms with Gasteiger partial charge in [0.2, 0.25) is 5.65 Å². The van der Waals surface area contributed by atoms with E-state index in [-0.39, 0.29) is 5.75 Å².